The molecule has 2 aromatic rings. The Morgan fingerprint density at radius 3 is 2.85 bits per heavy atom. The van der Waals surface area contributed by atoms with Crippen LogP contribution in [0.4, 0.5) is 0 Å². The monoisotopic (exact) mass is 368 g/mol. The van der Waals surface area contributed by atoms with Crippen molar-refractivity contribution in [2.75, 3.05) is 6.61 Å². The zero-order valence-electron chi connectivity index (χ0n) is 15.4. The molecule has 142 valence electrons. The SMILES string of the molecule is CCOC(=O)CC1CCc2cc(OCc3ccc(C=NN)cc3)ccc2O1. The molecule has 0 saturated carbocycles. The van der Waals surface area contributed by atoms with Crippen LogP contribution in [0.1, 0.15) is 36.5 Å². The van der Waals surface area contributed by atoms with E-state index >= 15 is 0 Å². The third-order valence-electron chi connectivity index (χ3n) is 4.37. The molecule has 0 aromatic heterocycles. The van der Waals surface area contributed by atoms with Crippen LogP contribution in [0, 0.1) is 0 Å². The Morgan fingerprint density at radius 2 is 2.11 bits per heavy atom. The molecule has 1 heterocycles. The third kappa shape index (κ3) is 5.23. The summed E-state index contributed by atoms with van der Waals surface area (Å²) in [6.45, 7) is 2.68. The lowest BCUT2D eigenvalue weighted by molar-refractivity contribution is -0.145. The maximum Gasteiger partial charge on any atom is 0.309 e. The molecule has 0 saturated heterocycles. The van der Waals surface area contributed by atoms with E-state index in [4.69, 9.17) is 20.1 Å². The Kier molecular flexibility index (Phi) is 6.30. The minimum atomic E-state index is -0.213. The number of nitrogens with two attached hydrogens (primary N) is 1. The number of hydrazone groups is 1. The fourth-order valence-corrected chi connectivity index (χ4v) is 3.01. The van der Waals surface area contributed by atoms with E-state index in [0.29, 0.717) is 13.2 Å². The van der Waals surface area contributed by atoms with E-state index in [-0.39, 0.29) is 18.5 Å². The van der Waals surface area contributed by atoms with E-state index in [1.54, 1.807) is 13.1 Å². The standard InChI is InChI=1S/C21H24N2O4/c1-2-25-21(24)12-19-8-7-17-11-18(9-10-20(17)27-19)26-14-16-5-3-15(4-6-16)13-23-22/h3-6,9-11,13,19H,2,7-8,12,14,22H2,1H3. The average molecular weight is 368 g/mol. The van der Waals surface area contributed by atoms with E-state index in [1.807, 2.05) is 42.5 Å². The molecule has 2 aromatic carbocycles. The van der Waals surface area contributed by atoms with Gasteiger partial charge in [0.2, 0.25) is 0 Å². The van der Waals surface area contributed by atoms with Crippen LogP contribution >= 0.6 is 0 Å². The number of carbonyl (C=O) groups excluding carboxylic acids is 1. The molecule has 1 aliphatic rings. The second kappa shape index (κ2) is 9.07. The van der Waals surface area contributed by atoms with E-state index in [2.05, 4.69) is 5.10 Å². The largest absolute Gasteiger partial charge is 0.490 e. The number of benzene rings is 2. The molecule has 1 unspecified atom stereocenters. The van der Waals surface area contributed by atoms with Crippen LogP contribution in [-0.4, -0.2) is 24.9 Å². The van der Waals surface area contributed by atoms with Gasteiger partial charge >= 0.3 is 5.97 Å². The Morgan fingerprint density at radius 1 is 1.30 bits per heavy atom. The minimum Gasteiger partial charge on any atom is -0.490 e. The maximum atomic E-state index is 11.6. The lowest BCUT2D eigenvalue weighted by atomic mass is 10.0. The van der Waals surface area contributed by atoms with Gasteiger partial charge in [-0.05, 0) is 54.7 Å². The van der Waals surface area contributed by atoms with Crippen molar-refractivity contribution in [1.82, 2.24) is 0 Å². The number of rotatable bonds is 7. The fraction of sp³-hybridized carbons (Fsp3) is 0.333. The number of esters is 1. The number of fused-ring (bicyclic) bond motifs is 1. The molecule has 0 fully saturated rings. The van der Waals surface area contributed by atoms with Gasteiger partial charge in [-0.2, -0.15) is 5.10 Å². The molecule has 6 heteroatoms. The van der Waals surface area contributed by atoms with Gasteiger partial charge in [0, 0.05) is 0 Å². The first-order chi connectivity index (χ1) is 13.2. The highest BCUT2D eigenvalue weighted by atomic mass is 16.5. The summed E-state index contributed by atoms with van der Waals surface area (Å²) in [4.78, 5) is 11.6. The normalized spacial score (nSPS) is 15.8. The summed E-state index contributed by atoms with van der Waals surface area (Å²) in [5, 5.41) is 3.51. The van der Waals surface area contributed by atoms with Crippen LogP contribution in [0.5, 0.6) is 11.5 Å². The van der Waals surface area contributed by atoms with Crippen molar-refractivity contribution in [1.29, 1.82) is 0 Å². The van der Waals surface area contributed by atoms with E-state index in [1.165, 1.54) is 0 Å². The lowest BCUT2D eigenvalue weighted by Gasteiger charge is -2.26. The molecule has 6 nitrogen and oxygen atoms in total. The van der Waals surface area contributed by atoms with Crippen molar-refractivity contribution < 1.29 is 19.0 Å². The number of hydrogen-bond acceptors (Lipinski definition) is 6. The Balaban J connectivity index is 1.56. The number of aryl methyl sites for hydroxylation is 1. The van der Waals surface area contributed by atoms with Gasteiger partial charge in [0.25, 0.3) is 0 Å². The number of nitrogens with zero attached hydrogens (tertiary/aromatic N) is 1. The molecule has 0 bridgehead atoms. The van der Waals surface area contributed by atoms with Crippen molar-refractivity contribution in [2.45, 2.75) is 38.9 Å². The number of ether oxygens (including phenoxy) is 3. The summed E-state index contributed by atoms with van der Waals surface area (Å²) in [7, 11) is 0. The van der Waals surface area contributed by atoms with Gasteiger partial charge in [-0.15, -0.1) is 0 Å². The van der Waals surface area contributed by atoms with E-state index in [9.17, 15) is 4.79 Å². The van der Waals surface area contributed by atoms with Crippen LogP contribution in [-0.2, 0) is 22.6 Å². The Bertz CT molecular complexity index is 802. The molecule has 0 aliphatic carbocycles. The van der Waals surface area contributed by atoms with E-state index < -0.39 is 0 Å². The molecule has 1 atom stereocenters. The average Bonchev–Trinajstić information content (AvgIpc) is 2.68. The zero-order valence-corrected chi connectivity index (χ0v) is 15.4. The quantitative estimate of drug-likeness (QED) is 0.351. The van der Waals surface area contributed by atoms with E-state index in [0.717, 1.165) is 41.0 Å². The summed E-state index contributed by atoms with van der Waals surface area (Å²) in [5.41, 5.74) is 3.11. The minimum absolute atomic E-state index is 0.126. The summed E-state index contributed by atoms with van der Waals surface area (Å²) in [6.07, 6.45) is 3.40. The molecule has 0 radical (unpaired) electrons. The van der Waals surface area contributed by atoms with Gasteiger partial charge in [0.15, 0.2) is 0 Å². The Labute approximate surface area is 158 Å². The van der Waals surface area contributed by atoms with Gasteiger partial charge in [0.1, 0.15) is 24.2 Å². The third-order valence-corrected chi connectivity index (χ3v) is 4.37. The topological polar surface area (TPSA) is 83.1 Å². The first-order valence-corrected chi connectivity index (χ1v) is 9.08. The van der Waals surface area contributed by atoms with Crippen molar-refractivity contribution in [2.24, 2.45) is 10.9 Å². The molecule has 0 spiro atoms. The van der Waals surface area contributed by atoms with Gasteiger partial charge in [-0.3, -0.25) is 4.79 Å². The second-order valence-corrected chi connectivity index (χ2v) is 6.37. The molecule has 3 rings (SSSR count). The second-order valence-electron chi connectivity index (χ2n) is 6.37. The van der Waals surface area contributed by atoms with Gasteiger partial charge in [0.05, 0.1) is 19.2 Å². The number of carbonyl (C=O) groups is 1. The highest BCUT2D eigenvalue weighted by Crippen LogP contribution is 2.32. The maximum absolute atomic E-state index is 11.6. The summed E-state index contributed by atoms with van der Waals surface area (Å²) >= 11 is 0. The van der Waals surface area contributed by atoms with Crippen molar-refractivity contribution in [3.05, 3.63) is 59.2 Å². The molecule has 2 N–H and O–H groups in total. The molecular formula is C21H24N2O4. The summed E-state index contributed by atoms with van der Waals surface area (Å²) in [5.74, 6) is 6.55. The van der Waals surface area contributed by atoms with Crippen LogP contribution in [0.25, 0.3) is 0 Å². The number of hydrogen-bond donors (Lipinski definition) is 1. The van der Waals surface area contributed by atoms with Crippen LogP contribution in [0.15, 0.2) is 47.6 Å². The van der Waals surface area contributed by atoms with Gasteiger partial charge < -0.3 is 20.1 Å². The van der Waals surface area contributed by atoms with Crippen LogP contribution in [0.2, 0.25) is 0 Å². The molecular weight excluding hydrogens is 344 g/mol. The Hall–Kier alpha value is -3.02. The molecule has 0 amide bonds. The predicted molar refractivity (Wildman–Crippen MR) is 103 cm³/mol. The van der Waals surface area contributed by atoms with Crippen LogP contribution < -0.4 is 15.3 Å². The predicted octanol–water partition coefficient (Wildman–Crippen LogP) is 3.21. The zero-order chi connectivity index (χ0) is 19.1. The van der Waals surface area contributed by atoms with Crippen molar-refractivity contribution in [3.8, 4) is 11.5 Å². The van der Waals surface area contributed by atoms with Crippen molar-refractivity contribution in [3.63, 3.8) is 0 Å². The highest BCUT2D eigenvalue weighted by molar-refractivity contribution is 5.79. The lowest BCUT2D eigenvalue weighted by Crippen LogP contribution is -2.26. The fourth-order valence-electron chi connectivity index (χ4n) is 3.01. The summed E-state index contributed by atoms with van der Waals surface area (Å²) in [6, 6.07) is 13.7. The van der Waals surface area contributed by atoms with Crippen molar-refractivity contribution >= 4 is 12.2 Å². The first-order valence-electron chi connectivity index (χ1n) is 9.08. The highest BCUT2D eigenvalue weighted by Gasteiger charge is 2.23. The summed E-state index contributed by atoms with van der Waals surface area (Å²) < 4.78 is 16.8. The van der Waals surface area contributed by atoms with Gasteiger partial charge in [-0.1, -0.05) is 24.3 Å². The molecule has 27 heavy (non-hydrogen) atoms. The first kappa shape index (κ1) is 18.8. The molecule has 1 aliphatic heterocycles. The van der Waals surface area contributed by atoms with Gasteiger partial charge in [-0.25, -0.2) is 0 Å². The van der Waals surface area contributed by atoms with Crippen LogP contribution in [0.3, 0.4) is 0 Å². The smallest absolute Gasteiger partial charge is 0.309 e.